The van der Waals surface area contributed by atoms with E-state index < -0.39 is 0 Å². The molecule has 4 heterocycles. The maximum Gasteiger partial charge on any atom is 0.332 e. The summed E-state index contributed by atoms with van der Waals surface area (Å²) in [7, 11) is 3.18. The van der Waals surface area contributed by atoms with Crippen LogP contribution in [0, 0.1) is 13.8 Å². The van der Waals surface area contributed by atoms with Gasteiger partial charge in [0.1, 0.15) is 0 Å². The first-order chi connectivity index (χ1) is 17.3. The number of benzene rings is 1. The Morgan fingerprint density at radius 2 is 1.50 bits per heavy atom. The molecule has 188 valence electrons. The van der Waals surface area contributed by atoms with Gasteiger partial charge >= 0.3 is 5.69 Å². The molecule has 0 atom stereocenters. The van der Waals surface area contributed by atoms with Gasteiger partial charge in [-0.3, -0.25) is 13.9 Å². The molecule has 10 nitrogen and oxygen atoms in total. The molecule has 3 aromatic heterocycles. The van der Waals surface area contributed by atoms with Crippen molar-refractivity contribution in [1.82, 2.24) is 28.7 Å². The van der Waals surface area contributed by atoms with Gasteiger partial charge in [-0.1, -0.05) is 30.0 Å². The van der Waals surface area contributed by atoms with E-state index >= 15 is 0 Å². The van der Waals surface area contributed by atoms with Gasteiger partial charge in [-0.2, -0.15) is 4.98 Å². The third kappa shape index (κ3) is 4.50. The van der Waals surface area contributed by atoms with Crippen LogP contribution in [0.3, 0.4) is 0 Å². The number of para-hydroxylation sites is 1. The smallest absolute Gasteiger partial charge is 0.332 e. The Balaban J connectivity index is 1.46. The summed E-state index contributed by atoms with van der Waals surface area (Å²) in [5.74, 6) is 1.38. The van der Waals surface area contributed by atoms with Gasteiger partial charge in [0.25, 0.3) is 5.56 Å². The van der Waals surface area contributed by atoms with E-state index in [-0.39, 0.29) is 11.2 Å². The quantitative estimate of drug-likeness (QED) is 0.289. The summed E-state index contributed by atoms with van der Waals surface area (Å²) < 4.78 is 4.57. The lowest BCUT2D eigenvalue weighted by atomic mass is 10.2. The summed E-state index contributed by atoms with van der Waals surface area (Å²) in [6, 6.07) is 12.3. The molecule has 0 aliphatic carbocycles. The van der Waals surface area contributed by atoms with Crippen molar-refractivity contribution in [2.24, 2.45) is 14.1 Å². The van der Waals surface area contributed by atoms with Crippen LogP contribution >= 0.6 is 11.8 Å². The molecule has 0 unspecified atom stereocenters. The number of rotatable bonds is 6. The molecule has 1 fully saturated rings. The van der Waals surface area contributed by atoms with Gasteiger partial charge in [-0.05, 0) is 32.0 Å². The number of hydrogen-bond acceptors (Lipinski definition) is 8. The maximum atomic E-state index is 13.2. The second-order valence-corrected chi connectivity index (χ2v) is 10.1. The number of nitrogens with zero attached hydrogens (tertiary/aromatic N) is 8. The summed E-state index contributed by atoms with van der Waals surface area (Å²) in [6.45, 7) is 7.67. The van der Waals surface area contributed by atoms with Crippen molar-refractivity contribution in [2.75, 3.05) is 41.7 Å². The second-order valence-electron chi connectivity index (χ2n) is 9.03. The topological polar surface area (TPSA) is 94.1 Å². The van der Waals surface area contributed by atoms with Crippen molar-refractivity contribution >= 4 is 34.6 Å². The van der Waals surface area contributed by atoms with E-state index in [9.17, 15) is 9.59 Å². The Hall–Kier alpha value is -3.60. The Kier molecular flexibility index (Phi) is 6.57. The van der Waals surface area contributed by atoms with Crippen molar-refractivity contribution in [3.63, 3.8) is 0 Å². The average molecular weight is 507 g/mol. The summed E-state index contributed by atoms with van der Waals surface area (Å²) in [4.78, 5) is 44.2. The summed E-state index contributed by atoms with van der Waals surface area (Å²) >= 11 is 1.55. The van der Waals surface area contributed by atoms with Crippen LogP contribution in [0.4, 0.5) is 11.6 Å². The zero-order valence-electron chi connectivity index (χ0n) is 21.0. The third-order valence-electron chi connectivity index (χ3n) is 6.52. The van der Waals surface area contributed by atoms with Crippen LogP contribution in [-0.2, 0) is 20.6 Å². The van der Waals surface area contributed by atoms with E-state index in [1.54, 1.807) is 18.8 Å². The zero-order valence-corrected chi connectivity index (χ0v) is 21.8. The monoisotopic (exact) mass is 506 g/mol. The number of aryl methyl sites for hydroxylation is 4. The lowest BCUT2D eigenvalue weighted by molar-refractivity contribution is 0.622. The fourth-order valence-corrected chi connectivity index (χ4v) is 5.55. The Bertz CT molecular complexity index is 1500. The number of anilines is 2. The average Bonchev–Trinajstić information content (AvgIpc) is 3.26. The number of aromatic nitrogens is 6. The molecule has 1 aliphatic heterocycles. The largest absolute Gasteiger partial charge is 0.368 e. The molecule has 1 aromatic carbocycles. The second kappa shape index (κ2) is 9.81. The number of piperazine rings is 1. The molecule has 0 saturated carbocycles. The van der Waals surface area contributed by atoms with Crippen LogP contribution in [0.2, 0.25) is 0 Å². The fourth-order valence-electron chi connectivity index (χ4n) is 4.68. The van der Waals surface area contributed by atoms with E-state index in [0.29, 0.717) is 23.5 Å². The van der Waals surface area contributed by atoms with Crippen molar-refractivity contribution in [2.45, 2.75) is 25.5 Å². The summed E-state index contributed by atoms with van der Waals surface area (Å²) in [6.07, 6.45) is 0. The lowest BCUT2D eigenvalue weighted by Gasteiger charge is -2.36. The SMILES string of the molecule is Cc1cc(C)nc(SCCn2c(N3CCN(c4ccccc4)CC3)nc3c2c(=O)n(C)c(=O)n3C)n1. The number of hydrogen-bond donors (Lipinski definition) is 0. The fraction of sp³-hybridized carbons (Fsp3) is 0.400. The number of thioether (sulfide) groups is 1. The molecular formula is C25H30N8O2S. The zero-order chi connectivity index (χ0) is 25.4. The van der Waals surface area contributed by atoms with Gasteiger partial charge in [0.05, 0.1) is 0 Å². The van der Waals surface area contributed by atoms with E-state index in [1.807, 2.05) is 30.5 Å². The van der Waals surface area contributed by atoms with Gasteiger partial charge in [0.2, 0.25) is 5.95 Å². The third-order valence-corrected chi connectivity index (χ3v) is 7.35. The predicted molar refractivity (Wildman–Crippen MR) is 143 cm³/mol. The minimum absolute atomic E-state index is 0.331. The van der Waals surface area contributed by atoms with Crippen molar-refractivity contribution in [3.8, 4) is 0 Å². The Morgan fingerprint density at radius 1 is 0.861 bits per heavy atom. The molecule has 0 amide bonds. The molecule has 11 heteroatoms. The van der Waals surface area contributed by atoms with Gasteiger partial charge < -0.3 is 14.4 Å². The highest BCUT2D eigenvalue weighted by Gasteiger charge is 2.25. The minimum atomic E-state index is -0.379. The van der Waals surface area contributed by atoms with Gasteiger partial charge in [0.15, 0.2) is 16.3 Å². The van der Waals surface area contributed by atoms with Crippen molar-refractivity contribution < 1.29 is 0 Å². The van der Waals surface area contributed by atoms with Crippen LogP contribution in [0.25, 0.3) is 11.2 Å². The van der Waals surface area contributed by atoms with Gasteiger partial charge in [-0.25, -0.2) is 14.8 Å². The first-order valence-corrected chi connectivity index (χ1v) is 13.0. The van der Waals surface area contributed by atoms with Crippen molar-refractivity contribution in [1.29, 1.82) is 0 Å². The Morgan fingerprint density at radius 3 is 2.17 bits per heavy atom. The van der Waals surface area contributed by atoms with Crippen LogP contribution in [0.1, 0.15) is 11.4 Å². The molecule has 36 heavy (non-hydrogen) atoms. The van der Waals surface area contributed by atoms with Crippen LogP contribution in [0.5, 0.6) is 0 Å². The highest BCUT2D eigenvalue weighted by atomic mass is 32.2. The van der Waals surface area contributed by atoms with E-state index in [4.69, 9.17) is 4.98 Å². The molecule has 1 saturated heterocycles. The van der Waals surface area contributed by atoms with Gasteiger partial charge in [0, 0.05) is 69.6 Å². The highest BCUT2D eigenvalue weighted by Crippen LogP contribution is 2.24. The Labute approximate surface area is 213 Å². The van der Waals surface area contributed by atoms with E-state index in [2.05, 4.69) is 44.0 Å². The standard InChI is InChI=1S/C25H30N8O2S/c1-17-16-18(2)27-23(26-17)36-15-14-33-20-21(29(3)25(35)30(4)22(20)34)28-24(33)32-12-10-31(11-13-32)19-8-6-5-7-9-19/h5-9,16H,10-15H2,1-4H3. The molecule has 0 radical (unpaired) electrons. The van der Waals surface area contributed by atoms with Crippen LogP contribution in [-0.4, -0.2) is 60.6 Å². The molecule has 0 bridgehead atoms. The van der Waals surface area contributed by atoms with E-state index in [0.717, 1.165) is 53.2 Å². The van der Waals surface area contributed by atoms with Gasteiger partial charge in [-0.15, -0.1) is 0 Å². The molecular weight excluding hydrogens is 476 g/mol. The van der Waals surface area contributed by atoms with Crippen LogP contribution < -0.4 is 21.0 Å². The molecule has 4 aromatic rings. The number of imidazole rings is 1. The predicted octanol–water partition coefficient (Wildman–Crippen LogP) is 1.96. The summed E-state index contributed by atoms with van der Waals surface area (Å²) in [5.41, 5.74) is 3.21. The molecule has 0 spiro atoms. The molecule has 1 aliphatic rings. The maximum absolute atomic E-state index is 13.2. The normalized spacial score (nSPS) is 14.1. The lowest BCUT2D eigenvalue weighted by Crippen LogP contribution is -2.47. The first kappa shape index (κ1) is 24.1. The van der Waals surface area contributed by atoms with Crippen molar-refractivity contribution in [3.05, 3.63) is 68.6 Å². The highest BCUT2D eigenvalue weighted by molar-refractivity contribution is 7.99. The molecule has 0 N–H and O–H groups in total. The van der Waals surface area contributed by atoms with E-state index in [1.165, 1.54) is 17.3 Å². The van der Waals surface area contributed by atoms with Crippen LogP contribution in [0.15, 0.2) is 51.1 Å². The minimum Gasteiger partial charge on any atom is -0.368 e. The molecule has 5 rings (SSSR count). The number of fused-ring (bicyclic) bond motifs is 1. The first-order valence-electron chi connectivity index (χ1n) is 12.0. The summed E-state index contributed by atoms with van der Waals surface area (Å²) in [5, 5.41) is 0.718.